The number of esters is 2. The van der Waals surface area contributed by atoms with E-state index in [1.807, 2.05) is 6.07 Å². The number of hydrogen-bond acceptors (Lipinski definition) is 8. The Labute approximate surface area is 126 Å². The number of hydrogen-bond donors (Lipinski definition) is 0. The molecule has 6 atom stereocenters. The van der Waals surface area contributed by atoms with Crippen LogP contribution in [0.3, 0.4) is 0 Å². The second kappa shape index (κ2) is 5.07. The van der Waals surface area contributed by atoms with Gasteiger partial charge in [0.25, 0.3) is 10.1 Å². The molecule has 2 bridgehead atoms. The van der Waals surface area contributed by atoms with Crippen molar-refractivity contribution >= 4 is 22.1 Å². The second-order valence-electron chi connectivity index (χ2n) is 5.50. The van der Waals surface area contributed by atoms with Gasteiger partial charge in [-0.2, -0.15) is 13.7 Å². The van der Waals surface area contributed by atoms with E-state index in [1.54, 1.807) is 0 Å². The standard InChI is InChI=1S/C13H13NO7S/c1-2-9(15)19-5-10(16)20-11-6-3-7-12(11)21-22(17,18)13(7)8(6)4-14/h2,6-8,11-13H,1,3,5H2. The van der Waals surface area contributed by atoms with Gasteiger partial charge in [-0.1, -0.05) is 6.58 Å². The van der Waals surface area contributed by atoms with Gasteiger partial charge in [0.15, 0.2) is 6.61 Å². The SMILES string of the molecule is C=CC(=O)OCC(=O)OC1C2CC3C1OS(=O)(=O)C3C2C#N. The molecule has 2 saturated carbocycles. The molecule has 0 aromatic rings. The molecule has 1 aliphatic heterocycles. The van der Waals surface area contributed by atoms with Gasteiger partial charge >= 0.3 is 11.9 Å². The lowest BCUT2D eigenvalue weighted by Gasteiger charge is -2.27. The molecule has 0 radical (unpaired) electrons. The first-order valence-electron chi connectivity index (χ1n) is 6.69. The average molecular weight is 327 g/mol. The topological polar surface area (TPSA) is 120 Å². The van der Waals surface area contributed by atoms with Crippen molar-refractivity contribution in [2.75, 3.05) is 6.61 Å². The van der Waals surface area contributed by atoms with E-state index in [0.717, 1.165) is 6.08 Å². The molecule has 3 fully saturated rings. The van der Waals surface area contributed by atoms with Crippen molar-refractivity contribution in [1.29, 1.82) is 5.26 Å². The maximum atomic E-state index is 11.9. The fraction of sp³-hybridized carbons (Fsp3) is 0.615. The first-order chi connectivity index (χ1) is 10.4. The molecule has 0 spiro atoms. The number of ether oxygens (including phenoxy) is 2. The zero-order valence-electron chi connectivity index (χ0n) is 11.4. The van der Waals surface area contributed by atoms with Crippen LogP contribution >= 0.6 is 0 Å². The number of nitriles is 1. The zero-order chi connectivity index (χ0) is 16.1. The van der Waals surface area contributed by atoms with Crippen molar-refractivity contribution in [2.24, 2.45) is 17.8 Å². The molecule has 9 heteroatoms. The lowest BCUT2D eigenvalue weighted by atomic mass is 9.85. The lowest BCUT2D eigenvalue weighted by molar-refractivity contribution is -0.165. The summed E-state index contributed by atoms with van der Waals surface area (Å²) in [6, 6.07) is 1.99. The van der Waals surface area contributed by atoms with E-state index in [4.69, 9.17) is 8.92 Å². The fourth-order valence-electron chi connectivity index (χ4n) is 3.69. The quantitative estimate of drug-likeness (QED) is 0.385. The van der Waals surface area contributed by atoms with Crippen LogP contribution in [0.4, 0.5) is 0 Å². The number of carbonyl (C=O) groups excluding carboxylic acids is 2. The largest absolute Gasteiger partial charge is 0.457 e. The molecule has 3 aliphatic rings. The Morgan fingerprint density at radius 3 is 2.77 bits per heavy atom. The summed E-state index contributed by atoms with van der Waals surface area (Å²) >= 11 is 0. The van der Waals surface area contributed by atoms with Crippen LogP contribution < -0.4 is 0 Å². The first kappa shape index (κ1) is 15.0. The van der Waals surface area contributed by atoms with Gasteiger partial charge in [-0.05, 0) is 6.42 Å². The summed E-state index contributed by atoms with van der Waals surface area (Å²) in [5, 5.41) is 8.38. The van der Waals surface area contributed by atoms with Crippen molar-refractivity contribution in [3.8, 4) is 6.07 Å². The van der Waals surface area contributed by atoms with Crippen molar-refractivity contribution in [3.63, 3.8) is 0 Å². The predicted octanol–water partition coefficient (Wildman–Crippen LogP) is -0.486. The molecule has 1 saturated heterocycles. The van der Waals surface area contributed by atoms with Crippen molar-refractivity contribution < 1.29 is 31.7 Å². The lowest BCUT2D eigenvalue weighted by Crippen LogP contribution is -2.42. The molecule has 2 aliphatic carbocycles. The minimum atomic E-state index is -3.80. The molecule has 0 N–H and O–H groups in total. The zero-order valence-corrected chi connectivity index (χ0v) is 12.2. The highest BCUT2D eigenvalue weighted by atomic mass is 32.2. The minimum Gasteiger partial charge on any atom is -0.457 e. The van der Waals surface area contributed by atoms with Crippen LogP contribution in [0.1, 0.15) is 6.42 Å². The first-order valence-corrected chi connectivity index (χ1v) is 8.16. The van der Waals surface area contributed by atoms with E-state index in [9.17, 15) is 23.3 Å². The highest BCUT2D eigenvalue weighted by molar-refractivity contribution is 7.87. The highest BCUT2D eigenvalue weighted by Crippen LogP contribution is 2.58. The van der Waals surface area contributed by atoms with Crippen LogP contribution in [0.25, 0.3) is 0 Å². The Balaban J connectivity index is 1.72. The molecular weight excluding hydrogens is 314 g/mol. The van der Waals surface area contributed by atoms with Gasteiger partial charge < -0.3 is 9.47 Å². The summed E-state index contributed by atoms with van der Waals surface area (Å²) < 4.78 is 38.7. The van der Waals surface area contributed by atoms with E-state index in [0.29, 0.717) is 6.42 Å². The minimum absolute atomic E-state index is 0.326. The van der Waals surface area contributed by atoms with E-state index in [-0.39, 0.29) is 11.8 Å². The van der Waals surface area contributed by atoms with Gasteiger partial charge in [-0.15, -0.1) is 0 Å². The monoisotopic (exact) mass is 327 g/mol. The van der Waals surface area contributed by atoms with E-state index >= 15 is 0 Å². The van der Waals surface area contributed by atoms with Crippen LogP contribution in [-0.4, -0.2) is 44.4 Å². The van der Waals surface area contributed by atoms with Crippen molar-refractivity contribution in [3.05, 3.63) is 12.7 Å². The van der Waals surface area contributed by atoms with E-state index < -0.39 is 52.0 Å². The normalized spacial score (nSPS) is 40.0. The van der Waals surface area contributed by atoms with Gasteiger partial charge in [0.1, 0.15) is 17.5 Å². The maximum absolute atomic E-state index is 11.9. The molecule has 6 unspecified atom stereocenters. The second-order valence-corrected chi connectivity index (χ2v) is 7.23. The van der Waals surface area contributed by atoms with Gasteiger partial charge in [-0.3, -0.25) is 4.18 Å². The summed E-state index contributed by atoms with van der Waals surface area (Å²) in [6.45, 7) is 2.59. The molecule has 8 nitrogen and oxygen atoms in total. The number of fused-ring (bicyclic) bond motifs is 1. The van der Waals surface area contributed by atoms with Crippen LogP contribution in [0.2, 0.25) is 0 Å². The molecule has 0 amide bonds. The third-order valence-corrected chi connectivity index (χ3v) is 6.24. The Bertz CT molecular complexity index is 679. The Hall–Kier alpha value is -1.92. The summed E-state index contributed by atoms with van der Waals surface area (Å²) in [5.74, 6) is -3.02. The van der Waals surface area contributed by atoms with Gasteiger partial charge in [0, 0.05) is 17.9 Å². The molecule has 118 valence electrons. The predicted molar refractivity (Wildman–Crippen MR) is 69.3 cm³/mol. The van der Waals surface area contributed by atoms with Crippen LogP contribution in [0.15, 0.2) is 12.7 Å². The fourth-order valence-corrected chi connectivity index (χ4v) is 5.70. The van der Waals surface area contributed by atoms with E-state index in [2.05, 4.69) is 11.3 Å². The van der Waals surface area contributed by atoms with Crippen molar-refractivity contribution in [1.82, 2.24) is 0 Å². The maximum Gasteiger partial charge on any atom is 0.344 e. The molecule has 3 rings (SSSR count). The summed E-state index contributed by atoms with van der Waals surface area (Å²) in [7, 11) is -3.80. The summed E-state index contributed by atoms with van der Waals surface area (Å²) in [5.41, 5.74) is 0. The van der Waals surface area contributed by atoms with Crippen molar-refractivity contribution in [2.45, 2.75) is 23.9 Å². The molecule has 0 aromatic carbocycles. The average Bonchev–Trinajstić information content (AvgIpc) is 3.06. The highest BCUT2D eigenvalue weighted by Gasteiger charge is 2.70. The molecular formula is C13H13NO7S. The van der Waals surface area contributed by atoms with Gasteiger partial charge in [-0.25, -0.2) is 9.59 Å². The van der Waals surface area contributed by atoms with Crippen LogP contribution in [0, 0.1) is 29.1 Å². The Morgan fingerprint density at radius 2 is 2.14 bits per heavy atom. The van der Waals surface area contributed by atoms with Crippen LogP contribution in [-0.2, 0) is 33.4 Å². The smallest absolute Gasteiger partial charge is 0.344 e. The summed E-state index contributed by atoms with van der Waals surface area (Å²) in [6.07, 6.45) is -0.174. The Morgan fingerprint density at radius 1 is 1.41 bits per heavy atom. The number of rotatable bonds is 4. The van der Waals surface area contributed by atoms with E-state index in [1.165, 1.54) is 0 Å². The molecule has 1 heterocycles. The van der Waals surface area contributed by atoms with Crippen LogP contribution in [0.5, 0.6) is 0 Å². The van der Waals surface area contributed by atoms with Gasteiger partial charge in [0.2, 0.25) is 0 Å². The van der Waals surface area contributed by atoms with Gasteiger partial charge in [0.05, 0.1) is 12.0 Å². The third kappa shape index (κ3) is 2.10. The third-order valence-electron chi connectivity index (χ3n) is 4.44. The Kier molecular flexibility index (Phi) is 3.45. The number of nitrogens with zero attached hydrogens (tertiary/aromatic N) is 1. The molecule has 22 heavy (non-hydrogen) atoms. The number of carbonyl (C=O) groups is 2. The summed E-state index contributed by atoms with van der Waals surface area (Å²) in [4.78, 5) is 22.6. The molecule has 0 aromatic heterocycles.